The molecule has 0 radical (unpaired) electrons. The van der Waals surface area contributed by atoms with Crippen molar-refractivity contribution in [3.63, 3.8) is 0 Å². The van der Waals surface area contributed by atoms with Crippen LogP contribution in [0.1, 0.15) is 20.8 Å². The van der Waals surface area contributed by atoms with E-state index in [0.717, 1.165) is 33.6 Å². The van der Waals surface area contributed by atoms with Gasteiger partial charge in [0.05, 0.1) is 18.3 Å². The van der Waals surface area contributed by atoms with Crippen LogP contribution in [0.5, 0.6) is 5.75 Å². The number of rotatable bonds is 3. The van der Waals surface area contributed by atoms with Crippen LogP contribution >= 0.6 is 0 Å². The Balaban J connectivity index is 1.82. The smallest absolute Gasteiger partial charge is 0.414 e. The Morgan fingerprint density at radius 2 is 1.70 bits per heavy atom. The maximum Gasteiger partial charge on any atom is 0.414 e. The highest BCUT2D eigenvalue weighted by molar-refractivity contribution is 5.88. The number of ether oxygens (including phenoxy) is 2. The lowest BCUT2D eigenvalue weighted by Gasteiger charge is -2.24. The Bertz CT molecular complexity index is 959. The zero-order valence-corrected chi connectivity index (χ0v) is 16.3. The number of hydrogen-bond acceptors (Lipinski definition) is 4. The Morgan fingerprint density at radius 1 is 1.00 bits per heavy atom. The lowest BCUT2D eigenvalue weighted by molar-refractivity contribution is 0.0589. The number of hydrogen-bond donors (Lipinski definition) is 0. The van der Waals surface area contributed by atoms with Gasteiger partial charge in [-0.25, -0.2) is 9.78 Å². The molecule has 140 valence electrons. The molecule has 1 amide bonds. The number of methoxy groups -OCH3 is 1. The van der Waals surface area contributed by atoms with Gasteiger partial charge < -0.3 is 9.47 Å². The van der Waals surface area contributed by atoms with Crippen molar-refractivity contribution in [1.29, 1.82) is 0 Å². The van der Waals surface area contributed by atoms with E-state index < -0.39 is 5.60 Å². The Hall–Kier alpha value is -3.08. The molecule has 0 N–H and O–H groups in total. The number of amides is 1. The van der Waals surface area contributed by atoms with Crippen molar-refractivity contribution in [1.82, 2.24) is 4.98 Å². The number of aromatic nitrogens is 1. The lowest BCUT2D eigenvalue weighted by atomic mass is 10.1. The van der Waals surface area contributed by atoms with Gasteiger partial charge in [0.25, 0.3) is 0 Å². The summed E-state index contributed by atoms with van der Waals surface area (Å²) < 4.78 is 10.7. The van der Waals surface area contributed by atoms with Crippen molar-refractivity contribution in [3.8, 4) is 17.0 Å². The maximum absolute atomic E-state index is 12.2. The van der Waals surface area contributed by atoms with Gasteiger partial charge in [-0.2, -0.15) is 0 Å². The van der Waals surface area contributed by atoms with Crippen molar-refractivity contribution in [3.05, 3.63) is 54.6 Å². The van der Waals surface area contributed by atoms with Crippen LogP contribution in [0.3, 0.4) is 0 Å². The molecule has 0 saturated heterocycles. The first-order chi connectivity index (χ1) is 12.8. The summed E-state index contributed by atoms with van der Waals surface area (Å²) in [6.45, 7) is 5.55. The van der Waals surface area contributed by atoms with E-state index in [2.05, 4.69) is 0 Å². The van der Waals surface area contributed by atoms with E-state index in [4.69, 9.17) is 14.5 Å². The molecular weight excluding hydrogens is 340 g/mol. The maximum atomic E-state index is 12.2. The molecule has 5 heteroatoms. The van der Waals surface area contributed by atoms with Crippen LogP contribution in [0.2, 0.25) is 0 Å². The van der Waals surface area contributed by atoms with Gasteiger partial charge in [0, 0.05) is 23.7 Å². The molecule has 0 bridgehead atoms. The third kappa shape index (κ3) is 4.37. The molecule has 0 unspecified atom stereocenters. The van der Waals surface area contributed by atoms with Gasteiger partial charge in [0.1, 0.15) is 11.4 Å². The first kappa shape index (κ1) is 18.7. The number of carbonyl (C=O) groups is 1. The van der Waals surface area contributed by atoms with Crippen LogP contribution < -0.4 is 9.64 Å². The van der Waals surface area contributed by atoms with Gasteiger partial charge in [-0.1, -0.05) is 18.2 Å². The Labute approximate surface area is 159 Å². The predicted octanol–water partition coefficient (Wildman–Crippen LogP) is 5.28. The molecule has 0 spiro atoms. The van der Waals surface area contributed by atoms with Gasteiger partial charge in [-0.15, -0.1) is 0 Å². The largest absolute Gasteiger partial charge is 0.497 e. The molecule has 0 atom stereocenters. The summed E-state index contributed by atoms with van der Waals surface area (Å²) in [6.07, 6.45) is -0.381. The summed E-state index contributed by atoms with van der Waals surface area (Å²) in [5.74, 6) is 0.812. The molecule has 5 nitrogen and oxygen atoms in total. The van der Waals surface area contributed by atoms with E-state index in [1.807, 2.05) is 75.4 Å². The molecule has 0 saturated carbocycles. The molecule has 0 aliphatic carbocycles. The molecule has 1 heterocycles. The normalized spacial score (nSPS) is 11.3. The molecule has 27 heavy (non-hydrogen) atoms. The highest BCUT2D eigenvalue weighted by atomic mass is 16.6. The zero-order chi connectivity index (χ0) is 19.6. The van der Waals surface area contributed by atoms with E-state index in [-0.39, 0.29) is 6.09 Å². The summed E-state index contributed by atoms with van der Waals surface area (Å²) in [5.41, 5.74) is 3.00. The first-order valence-electron chi connectivity index (χ1n) is 8.79. The van der Waals surface area contributed by atoms with Crippen LogP contribution in [-0.4, -0.2) is 30.8 Å². The van der Waals surface area contributed by atoms with Gasteiger partial charge in [0.2, 0.25) is 0 Å². The van der Waals surface area contributed by atoms with Crippen LogP contribution in [0, 0.1) is 0 Å². The van der Waals surface area contributed by atoms with Gasteiger partial charge >= 0.3 is 6.09 Å². The number of carbonyl (C=O) groups excluding carboxylic acids is 1. The molecule has 2 aromatic carbocycles. The molecule has 3 aromatic rings. The summed E-state index contributed by atoms with van der Waals surface area (Å²) in [5, 5.41) is 1.03. The fourth-order valence-electron chi connectivity index (χ4n) is 2.68. The second kappa shape index (κ2) is 7.27. The van der Waals surface area contributed by atoms with Gasteiger partial charge in [-0.05, 0) is 57.2 Å². The average Bonchev–Trinajstić information content (AvgIpc) is 2.65. The zero-order valence-electron chi connectivity index (χ0n) is 16.3. The van der Waals surface area contributed by atoms with Crippen LogP contribution in [0.15, 0.2) is 54.6 Å². The molecule has 3 rings (SSSR count). The van der Waals surface area contributed by atoms with Crippen molar-refractivity contribution < 1.29 is 14.3 Å². The number of anilines is 1. The van der Waals surface area contributed by atoms with Crippen molar-refractivity contribution in [2.45, 2.75) is 26.4 Å². The van der Waals surface area contributed by atoms with E-state index in [9.17, 15) is 4.79 Å². The third-order valence-electron chi connectivity index (χ3n) is 4.11. The highest BCUT2D eigenvalue weighted by Crippen LogP contribution is 2.26. The summed E-state index contributed by atoms with van der Waals surface area (Å²) >= 11 is 0. The van der Waals surface area contributed by atoms with Crippen LogP contribution in [-0.2, 0) is 4.74 Å². The van der Waals surface area contributed by atoms with E-state index in [1.54, 1.807) is 14.2 Å². The molecule has 1 aromatic heterocycles. The van der Waals surface area contributed by atoms with Crippen LogP contribution in [0.25, 0.3) is 22.2 Å². The minimum absolute atomic E-state index is 0.381. The number of fused-ring (bicyclic) bond motifs is 1. The fraction of sp³-hybridized carbons (Fsp3) is 0.273. The number of nitrogens with zero attached hydrogens (tertiary/aromatic N) is 2. The quantitative estimate of drug-likeness (QED) is 0.634. The highest BCUT2D eigenvalue weighted by Gasteiger charge is 2.20. The molecular formula is C22H24N2O3. The lowest BCUT2D eigenvalue weighted by Crippen LogP contribution is -2.34. The second-order valence-corrected chi connectivity index (χ2v) is 7.34. The van der Waals surface area contributed by atoms with E-state index in [0.29, 0.717) is 0 Å². The summed E-state index contributed by atoms with van der Waals surface area (Å²) in [4.78, 5) is 18.4. The Kier molecular flexibility index (Phi) is 5.04. The van der Waals surface area contributed by atoms with Crippen molar-refractivity contribution in [2.75, 3.05) is 19.1 Å². The SMILES string of the molecule is COc1ccc2nc(-c3ccc(N(C)C(=O)OC(C)(C)C)cc3)ccc2c1. The van der Waals surface area contributed by atoms with Crippen LogP contribution in [0.4, 0.5) is 10.5 Å². The minimum atomic E-state index is -0.525. The second-order valence-electron chi connectivity index (χ2n) is 7.34. The molecule has 0 fully saturated rings. The van der Waals surface area contributed by atoms with Gasteiger partial charge in [-0.3, -0.25) is 4.90 Å². The monoisotopic (exact) mass is 364 g/mol. The first-order valence-corrected chi connectivity index (χ1v) is 8.79. The predicted molar refractivity (Wildman–Crippen MR) is 108 cm³/mol. The van der Waals surface area contributed by atoms with Gasteiger partial charge in [0.15, 0.2) is 0 Å². The molecule has 0 aliphatic rings. The standard InChI is InChI=1S/C22H24N2O3/c1-22(2,3)27-21(25)24(4)17-9-6-15(7-10-17)19-12-8-16-14-18(26-5)11-13-20(16)23-19/h6-14H,1-5H3. The average molecular weight is 364 g/mol. The fourth-order valence-corrected chi connectivity index (χ4v) is 2.68. The Morgan fingerprint density at radius 3 is 2.33 bits per heavy atom. The number of benzene rings is 2. The van der Waals surface area contributed by atoms with Crippen molar-refractivity contribution in [2.24, 2.45) is 0 Å². The summed E-state index contributed by atoms with van der Waals surface area (Å²) in [7, 11) is 3.35. The van der Waals surface area contributed by atoms with E-state index in [1.165, 1.54) is 4.90 Å². The van der Waals surface area contributed by atoms with E-state index >= 15 is 0 Å². The summed E-state index contributed by atoms with van der Waals surface area (Å²) in [6, 6.07) is 17.5. The number of pyridine rings is 1. The third-order valence-corrected chi connectivity index (χ3v) is 4.11. The topological polar surface area (TPSA) is 51.7 Å². The van der Waals surface area contributed by atoms with Crippen molar-refractivity contribution >= 4 is 22.7 Å². The minimum Gasteiger partial charge on any atom is -0.497 e. The molecule has 0 aliphatic heterocycles.